The summed E-state index contributed by atoms with van der Waals surface area (Å²) in [5.41, 5.74) is 0.825. The number of nitrogens with one attached hydrogen (secondary N) is 1. The topological polar surface area (TPSA) is 50.3 Å². The number of alkyl halides is 5. The van der Waals surface area contributed by atoms with Gasteiger partial charge in [0.25, 0.3) is 0 Å². The number of hydrogen-bond acceptors (Lipinski definition) is 6. The second kappa shape index (κ2) is 7.60. The van der Waals surface area contributed by atoms with Gasteiger partial charge in [-0.3, -0.25) is 0 Å². The number of nitrogens with zero attached hydrogens (tertiary/aromatic N) is 3. The molecule has 0 spiro atoms. The van der Waals surface area contributed by atoms with E-state index in [2.05, 4.69) is 20.3 Å². The number of aromatic nitrogens is 2. The Bertz CT molecular complexity index is 722. The number of halogens is 5. The first-order valence-corrected chi connectivity index (χ1v) is 8.60. The Morgan fingerprint density at radius 3 is 2.54 bits per heavy atom. The molecule has 1 aliphatic rings. The van der Waals surface area contributed by atoms with Crippen molar-refractivity contribution >= 4 is 22.2 Å². The first kappa shape index (κ1) is 18.6. The van der Waals surface area contributed by atoms with Gasteiger partial charge in [-0.15, -0.1) is 10.2 Å². The molecule has 1 saturated heterocycles. The van der Waals surface area contributed by atoms with Gasteiger partial charge in [0.2, 0.25) is 10.1 Å². The monoisotopic (exact) mass is 394 g/mol. The van der Waals surface area contributed by atoms with Crippen molar-refractivity contribution in [2.75, 3.05) is 23.3 Å². The highest BCUT2D eigenvalue weighted by Gasteiger charge is 2.36. The van der Waals surface area contributed by atoms with Crippen LogP contribution in [0.15, 0.2) is 24.3 Å². The summed E-state index contributed by atoms with van der Waals surface area (Å²) in [6, 6.07) is 6.17. The zero-order chi connectivity index (χ0) is 18.7. The first-order chi connectivity index (χ1) is 12.3. The Morgan fingerprint density at radius 1 is 1.19 bits per heavy atom. The van der Waals surface area contributed by atoms with Crippen molar-refractivity contribution in [3.05, 3.63) is 29.3 Å². The minimum atomic E-state index is -4.50. The molecule has 0 aliphatic carbocycles. The highest BCUT2D eigenvalue weighted by molar-refractivity contribution is 7.15. The molecule has 0 radical (unpaired) electrons. The van der Waals surface area contributed by atoms with Crippen LogP contribution >= 0.6 is 11.3 Å². The predicted octanol–water partition coefficient (Wildman–Crippen LogP) is 4.24. The summed E-state index contributed by atoms with van der Waals surface area (Å²) in [7, 11) is 0. The van der Waals surface area contributed by atoms with E-state index in [4.69, 9.17) is 0 Å². The normalized spacial score (nSPS) is 18.2. The van der Waals surface area contributed by atoms with Gasteiger partial charge in [-0.05, 0) is 37.1 Å². The van der Waals surface area contributed by atoms with Crippen LogP contribution in [0.1, 0.15) is 17.8 Å². The van der Waals surface area contributed by atoms with E-state index in [0.717, 1.165) is 25.1 Å². The maximum absolute atomic E-state index is 12.6. The number of ether oxygens (including phenoxy) is 1. The summed E-state index contributed by atoms with van der Waals surface area (Å²) in [6.07, 6.45) is -2.89. The lowest BCUT2D eigenvalue weighted by atomic mass is 10.1. The predicted molar refractivity (Wildman–Crippen MR) is 86.8 cm³/mol. The average molecular weight is 394 g/mol. The third-order valence-corrected chi connectivity index (χ3v) is 4.74. The number of rotatable bonds is 5. The van der Waals surface area contributed by atoms with Crippen LogP contribution in [0.4, 0.5) is 32.8 Å². The van der Waals surface area contributed by atoms with Crippen LogP contribution < -0.4 is 15.0 Å². The van der Waals surface area contributed by atoms with E-state index in [1.165, 1.54) is 12.1 Å². The van der Waals surface area contributed by atoms with Crippen LogP contribution in [0.2, 0.25) is 0 Å². The van der Waals surface area contributed by atoms with Crippen molar-refractivity contribution in [3.63, 3.8) is 0 Å². The molecular formula is C15H15F5N4OS. The molecule has 0 bridgehead atoms. The molecule has 2 aromatic rings. The highest BCUT2D eigenvalue weighted by Crippen LogP contribution is 2.33. The summed E-state index contributed by atoms with van der Waals surface area (Å²) >= 11 is 0.474. The van der Waals surface area contributed by atoms with Crippen LogP contribution in [-0.2, 0) is 6.18 Å². The fraction of sp³-hybridized carbons (Fsp3) is 0.467. The Labute approximate surface area is 149 Å². The van der Waals surface area contributed by atoms with Gasteiger partial charge in [0.05, 0.1) is 0 Å². The fourth-order valence-corrected chi connectivity index (χ4v) is 3.43. The van der Waals surface area contributed by atoms with Crippen molar-refractivity contribution in [3.8, 4) is 5.75 Å². The Balaban J connectivity index is 1.61. The molecular weight excluding hydrogens is 379 g/mol. The lowest BCUT2D eigenvalue weighted by Crippen LogP contribution is -2.42. The molecule has 1 aliphatic heterocycles. The molecule has 3 rings (SSSR count). The highest BCUT2D eigenvalue weighted by atomic mass is 32.1. The SMILES string of the molecule is FC(F)Oc1ccc(N2CCCC(Nc3nnc(C(F)(F)F)s3)C2)cc1. The Morgan fingerprint density at radius 2 is 1.92 bits per heavy atom. The van der Waals surface area contributed by atoms with Gasteiger partial charge in [0.15, 0.2) is 0 Å². The van der Waals surface area contributed by atoms with Crippen molar-refractivity contribution in [2.24, 2.45) is 0 Å². The average Bonchev–Trinajstić information content (AvgIpc) is 3.04. The summed E-state index contributed by atoms with van der Waals surface area (Å²) < 4.78 is 66.5. The van der Waals surface area contributed by atoms with Gasteiger partial charge < -0.3 is 15.0 Å². The van der Waals surface area contributed by atoms with Crippen molar-refractivity contribution in [2.45, 2.75) is 31.7 Å². The third-order valence-electron chi connectivity index (χ3n) is 3.84. The van der Waals surface area contributed by atoms with Gasteiger partial charge in [0, 0.05) is 24.8 Å². The summed E-state index contributed by atoms with van der Waals surface area (Å²) in [5.74, 6) is 0.0731. The van der Waals surface area contributed by atoms with Crippen molar-refractivity contribution in [1.29, 1.82) is 0 Å². The third kappa shape index (κ3) is 4.71. The van der Waals surface area contributed by atoms with Crippen LogP contribution in [0.5, 0.6) is 5.75 Å². The molecule has 1 fully saturated rings. The molecule has 5 nitrogen and oxygen atoms in total. The van der Waals surface area contributed by atoms with Gasteiger partial charge in [-0.1, -0.05) is 11.3 Å². The van der Waals surface area contributed by atoms with Gasteiger partial charge >= 0.3 is 12.8 Å². The minimum Gasteiger partial charge on any atom is -0.435 e. The molecule has 0 saturated carbocycles. The Kier molecular flexibility index (Phi) is 5.44. The van der Waals surface area contributed by atoms with Crippen LogP contribution in [0.3, 0.4) is 0 Å². The van der Waals surface area contributed by atoms with E-state index in [0.29, 0.717) is 17.9 Å². The van der Waals surface area contributed by atoms with E-state index in [1.54, 1.807) is 12.1 Å². The van der Waals surface area contributed by atoms with Crippen LogP contribution in [0.25, 0.3) is 0 Å². The molecule has 11 heteroatoms. The van der Waals surface area contributed by atoms with Crippen LogP contribution in [0, 0.1) is 0 Å². The van der Waals surface area contributed by atoms with Crippen LogP contribution in [-0.4, -0.2) is 35.9 Å². The smallest absolute Gasteiger partial charge is 0.435 e. The zero-order valence-electron chi connectivity index (χ0n) is 13.3. The molecule has 1 atom stereocenters. The quantitative estimate of drug-likeness (QED) is 0.769. The Hall–Kier alpha value is -2.17. The zero-order valence-corrected chi connectivity index (χ0v) is 14.2. The van der Waals surface area contributed by atoms with Gasteiger partial charge in [-0.2, -0.15) is 22.0 Å². The summed E-state index contributed by atoms with van der Waals surface area (Å²) in [6.45, 7) is -1.56. The maximum atomic E-state index is 12.6. The molecule has 142 valence electrons. The minimum absolute atomic E-state index is 0.0731. The van der Waals surface area contributed by atoms with E-state index in [1.807, 2.05) is 4.90 Å². The number of benzene rings is 1. The standard InChI is InChI=1S/C15H15F5N4OS/c16-13(17)25-11-5-3-10(4-6-11)24-7-1-2-9(8-24)21-14-23-22-12(26-14)15(18,19)20/h3-6,9,13H,1-2,7-8H2,(H,21,23). The fourth-order valence-electron chi connectivity index (χ4n) is 2.74. The number of piperidine rings is 1. The summed E-state index contributed by atoms with van der Waals surface area (Å²) in [5, 5.41) is 8.84. The van der Waals surface area contributed by atoms with E-state index >= 15 is 0 Å². The maximum Gasteiger partial charge on any atom is 0.445 e. The van der Waals surface area contributed by atoms with E-state index in [-0.39, 0.29) is 16.9 Å². The van der Waals surface area contributed by atoms with E-state index < -0.39 is 17.8 Å². The van der Waals surface area contributed by atoms with E-state index in [9.17, 15) is 22.0 Å². The molecule has 0 amide bonds. The molecule has 2 heterocycles. The van der Waals surface area contributed by atoms with Crippen molar-refractivity contribution in [1.82, 2.24) is 10.2 Å². The molecule has 26 heavy (non-hydrogen) atoms. The number of hydrogen-bond donors (Lipinski definition) is 1. The lowest BCUT2D eigenvalue weighted by Gasteiger charge is -2.34. The number of anilines is 2. The lowest BCUT2D eigenvalue weighted by molar-refractivity contribution is -0.138. The van der Waals surface area contributed by atoms with Gasteiger partial charge in [-0.25, -0.2) is 0 Å². The second-order valence-corrected chi connectivity index (χ2v) is 6.69. The summed E-state index contributed by atoms with van der Waals surface area (Å²) in [4.78, 5) is 2.03. The first-order valence-electron chi connectivity index (χ1n) is 7.78. The van der Waals surface area contributed by atoms with Gasteiger partial charge in [0.1, 0.15) is 5.75 Å². The molecule has 1 aromatic heterocycles. The largest absolute Gasteiger partial charge is 0.445 e. The van der Waals surface area contributed by atoms with Crippen molar-refractivity contribution < 1.29 is 26.7 Å². The molecule has 1 N–H and O–H groups in total. The second-order valence-electron chi connectivity index (χ2n) is 5.71. The molecule has 1 aromatic carbocycles. The molecule has 1 unspecified atom stereocenters.